The van der Waals surface area contributed by atoms with Crippen molar-refractivity contribution in [2.45, 2.75) is 6.92 Å². The predicted octanol–water partition coefficient (Wildman–Crippen LogP) is 0.642. The van der Waals surface area contributed by atoms with Crippen LogP contribution in [0.3, 0.4) is 0 Å². The van der Waals surface area contributed by atoms with Crippen LogP contribution in [0.4, 0.5) is 5.95 Å². The zero-order valence-corrected chi connectivity index (χ0v) is 9.54. The molecule has 0 aliphatic carbocycles. The summed E-state index contributed by atoms with van der Waals surface area (Å²) < 4.78 is 4.96. The highest BCUT2D eigenvalue weighted by atomic mass is 16.5. The lowest BCUT2D eigenvalue weighted by atomic mass is 10.2. The van der Waals surface area contributed by atoms with Gasteiger partial charge in [-0.15, -0.1) is 0 Å². The van der Waals surface area contributed by atoms with Crippen LogP contribution in [0.1, 0.15) is 6.92 Å². The number of anilines is 1. The Hall–Kier alpha value is -1.85. The summed E-state index contributed by atoms with van der Waals surface area (Å²) in [6.07, 6.45) is 1.57. The molecule has 0 aliphatic heterocycles. The van der Waals surface area contributed by atoms with Crippen molar-refractivity contribution in [1.29, 1.82) is 0 Å². The monoisotopic (exact) mass is 225 g/mol. The number of aliphatic carboxylic acids is 1. The lowest BCUT2D eigenvalue weighted by Crippen LogP contribution is -2.29. The van der Waals surface area contributed by atoms with Gasteiger partial charge in [-0.25, -0.2) is 4.98 Å². The number of carbonyl (C=O) groups is 1. The summed E-state index contributed by atoms with van der Waals surface area (Å²) >= 11 is 0. The van der Waals surface area contributed by atoms with Gasteiger partial charge in [0.05, 0.1) is 13.0 Å². The lowest BCUT2D eigenvalue weighted by Gasteiger charge is -2.19. The summed E-state index contributed by atoms with van der Waals surface area (Å²) in [5, 5.41) is 8.79. The van der Waals surface area contributed by atoms with Crippen molar-refractivity contribution >= 4 is 11.9 Å². The second-order valence-corrected chi connectivity index (χ2v) is 3.52. The van der Waals surface area contributed by atoms with Crippen LogP contribution in [0.2, 0.25) is 0 Å². The minimum absolute atomic E-state index is 0.350. The SMILES string of the molecule is COc1ccnc(N(C)CC(C)C(=O)O)n1. The van der Waals surface area contributed by atoms with Crippen LogP contribution in [0.25, 0.3) is 0 Å². The topological polar surface area (TPSA) is 75.5 Å². The van der Waals surface area contributed by atoms with Crippen LogP contribution in [0, 0.1) is 5.92 Å². The van der Waals surface area contributed by atoms with E-state index in [2.05, 4.69) is 9.97 Å². The summed E-state index contributed by atoms with van der Waals surface area (Å²) in [6.45, 7) is 1.99. The molecule has 0 aromatic carbocycles. The Morgan fingerprint density at radius 2 is 2.38 bits per heavy atom. The number of methoxy groups -OCH3 is 1. The number of aromatic nitrogens is 2. The van der Waals surface area contributed by atoms with E-state index in [1.165, 1.54) is 7.11 Å². The molecule has 6 heteroatoms. The Balaban J connectivity index is 2.72. The molecule has 0 bridgehead atoms. The third-order valence-corrected chi connectivity index (χ3v) is 2.14. The van der Waals surface area contributed by atoms with E-state index in [0.717, 1.165) is 0 Å². The number of nitrogens with zero attached hydrogens (tertiary/aromatic N) is 3. The fourth-order valence-electron chi connectivity index (χ4n) is 1.20. The maximum absolute atomic E-state index is 10.7. The van der Waals surface area contributed by atoms with Gasteiger partial charge in [-0.1, -0.05) is 6.92 Å². The molecule has 1 atom stereocenters. The molecule has 1 rings (SSSR count). The average Bonchev–Trinajstić information content (AvgIpc) is 2.28. The largest absolute Gasteiger partial charge is 0.481 e. The first kappa shape index (κ1) is 12.2. The summed E-state index contributed by atoms with van der Waals surface area (Å²) in [5.41, 5.74) is 0. The Morgan fingerprint density at radius 3 is 2.94 bits per heavy atom. The average molecular weight is 225 g/mol. The van der Waals surface area contributed by atoms with Crippen LogP contribution >= 0.6 is 0 Å². The van der Waals surface area contributed by atoms with Crippen LogP contribution in [-0.4, -0.2) is 41.7 Å². The van der Waals surface area contributed by atoms with Crippen LogP contribution in [-0.2, 0) is 4.79 Å². The number of carboxylic acids is 1. The molecule has 1 aromatic heterocycles. The Bertz CT molecular complexity index is 370. The van der Waals surface area contributed by atoms with Crippen molar-refractivity contribution in [3.8, 4) is 5.88 Å². The van der Waals surface area contributed by atoms with E-state index in [-0.39, 0.29) is 0 Å². The first-order valence-corrected chi connectivity index (χ1v) is 4.85. The molecule has 0 amide bonds. The van der Waals surface area contributed by atoms with Gasteiger partial charge in [0.15, 0.2) is 0 Å². The van der Waals surface area contributed by atoms with E-state index < -0.39 is 11.9 Å². The van der Waals surface area contributed by atoms with Gasteiger partial charge < -0.3 is 14.7 Å². The highest BCUT2D eigenvalue weighted by molar-refractivity contribution is 5.70. The van der Waals surface area contributed by atoms with Crippen LogP contribution in [0.5, 0.6) is 5.88 Å². The third kappa shape index (κ3) is 3.08. The second kappa shape index (κ2) is 5.29. The summed E-state index contributed by atoms with van der Waals surface area (Å²) in [6, 6.07) is 1.64. The molecule has 0 radical (unpaired) electrons. The lowest BCUT2D eigenvalue weighted by molar-refractivity contribution is -0.140. The van der Waals surface area contributed by atoms with Crippen LogP contribution < -0.4 is 9.64 Å². The number of rotatable bonds is 5. The molecule has 0 aliphatic rings. The predicted molar refractivity (Wildman–Crippen MR) is 58.7 cm³/mol. The molecule has 1 unspecified atom stereocenters. The molecule has 16 heavy (non-hydrogen) atoms. The third-order valence-electron chi connectivity index (χ3n) is 2.14. The van der Waals surface area contributed by atoms with E-state index in [0.29, 0.717) is 18.4 Å². The summed E-state index contributed by atoms with van der Waals surface area (Å²) in [4.78, 5) is 20.5. The van der Waals surface area contributed by atoms with Gasteiger partial charge in [0, 0.05) is 25.9 Å². The number of carboxylic acid groups (broad SMARTS) is 1. The molecule has 1 aromatic rings. The van der Waals surface area contributed by atoms with Crippen molar-refractivity contribution in [3.05, 3.63) is 12.3 Å². The first-order chi connectivity index (χ1) is 7.54. The van der Waals surface area contributed by atoms with Crippen LogP contribution in [0.15, 0.2) is 12.3 Å². The fourth-order valence-corrected chi connectivity index (χ4v) is 1.20. The van der Waals surface area contributed by atoms with Crippen molar-refractivity contribution in [1.82, 2.24) is 9.97 Å². The highest BCUT2D eigenvalue weighted by Crippen LogP contribution is 2.12. The van der Waals surface area contributed by atoms with E-state index >= 15 is 0 Å². The summed E-state index contributed by atoms with van der Waals surface area (Å²) in [7, 11) is 3.26. The van der Waals surface area contributed by atoms with Gasteiger partial charge in [-0.2, -0.15) is 4.98 Å². The fraction of sp³-hybridized carbons (Fsp3) is 0.500. The summed E-state index contributed by atoms with van der Waals surface area (Å²) in [5.74, 6) is -0.401. The maximum atomic E-state index is 10.7. The molecule has 1 heterocycles. The Labute approximate surface area is 93.9 Å². The quantitative estimate of drug-likeness (QED) is 0.792. The van der Waals surface area contributed by atoms with Crippen molar-refractivity contribution in [2.75, 3.05) is 25.6 Å². The molecule has 0 spiro atoms. The molecular formula is C10H15N3O3. The molecule has 0 saturated heterocycles. The van der Waals surface area contributed by atoms with Crippen molar-refractivity contribution < 1.29 is 14.6 Å². The van der Waals surface area contributed by atoms with Crippen molar-refractivity contribution in [3.63, 3.8) is 0 Å². The van der Waals surface area contributed by atoms with Gasteiger partial charge in [0.1, 0.15) is 0 Å². The maximum Gasteiger partial charge on any atom is 0.308 e. The molecule has 0 fully saturated rings. The number of hydrogen-bond donors (Lipinski definition) is 1. The smallest absolute Gasteiger partial charge is 0.308 e. The Morgan fingerprint density at radius 1 is 1.69 bits per heavy atom. The van der Waals surface area contributed by atoms with E-state index in [4.69, 9.17) is 9.84 Å². The molecule has 0 saturated carbocycles. The Kier molecular flexibility index (Phi) is 4.04. The zero-order chi connectivity index (χ0) is 12.1. The first-order valence-electron chi connectivity index (χ1n) is 4.85. The van der Waals surface area contributed by atoms with E-state index in [9.17, 15) is 4.79 Å². The standard InChI is InChI=1S/C10H15N3O3/c1-7(9(14)15)6-13(2)10-11-5-4-8(12-10)16-3/h4-5,7H,6H2,1-3H3,(H,14,15). The molecule has 88 valence electrons. The van der Waals surface area contributed by atoms with E-state index in [1.807, 2.05) is 0 Å². The van der Waals surface area contributed by atoms with Gasteiger partial charge in [-0.3, -0.25) is 4.79 Å². The van der Waals surface area contributed by atoms with Crippen molar-refractivity contribution in [2.24, 2.45) is 5.92 Å². The number of hydrogen-bond acceptors (Lipinski definition) is 5. The van der Waals surface area contributed by atoms with Gasteiger partial charge in [0.25, 0.3) is 0 Å². The highest BCUT2D eigenvalue weighted by Gasteiger charge is 2.15. The van der Waals surface area contributed by atoms with Gasteiger partial charge >= 0.3 is 5.97 Å². The van der Waals surface area contributed by atoms with Gasteiger partial charge in [-0.05, 0) is 0 Å². The van der Waals surface area contributed by atoms with Gasteiger partial charge in [0.2, 0.25) is 11.8 Å². The van der Waals surface area contributed by atoms with E-state index in [1.54, 1.807) is 31.1 Å². The minimum Gasteiger partial charge on any atom is -0.481 e. The number of ether oxygens (including phenoxy) is 1. The second-order valence-electron chi connectivity index (χ2n) is 3.52. The minimum atomic E-state index is -0.838. The molecule has 1 N–H and O–H groups in total. The normalized spacial score (nSPS) is 11.9. The zero-order valence-electron chi connectivity index (χ0n) is 9.54. The molecular weight excluding hydrogens is 210 g/mol. The molecule has 6 nitrogen and oxygen atoms in total.